The summed E-state index contributed by atoms with van der Waals surface area (Å²) in [6, 6.07) is 1.74. The summed E-state index contributed by atoms with van der Waals surface area (Å²) in [6.07, 6.45) is 10.1. The van der Waals surface area contributed by atoms with Crippen LogP contribution in [0.3, 0.4) is 0 Å². The number of aromatic nitrogens is 2. The lowest BCUT2D eigenvalue weighted by molar-refractivity contribution is -0.126. The maximum atomic E-state index is 12.0. The first-order valence-corrected chi connectivity index (χ1v) is 7.04. The minimum absolute atomic E-state index is 0.0682. The van der Waals surface area contributed by atoms with E-state index in [9.17, 15) is 9.90 Å². The second-order valence-electron chi connectivity index (χ2n) is 5.30. The second kappa shape index (κ2) is 7.14. The van der Waals surface area contributed by atoms with Gasteiger partial charge in [0, 0.05) is 31.8 Å². The second-order valence-corrected chi connectivity index (χ2v) is 5.30. The van der Waals surface area contributed by atoms with Crippen LogP contribution in [-0.2, 0) is 4.79 Å². The van der Waals surface area contributed by atoms with E-state index in [2.05, 4.69) is 9.97 Å². The van der Waals surface area contributed by atoms with Crippen LogP contribution in [0.15, 0.2) is 24.7 Å². The van der Waals surface area contributed by atoms with Crippen molar-refractivity contribution in [1.29, 1.82) is 0 Å². The topological polar surface area (TPSA) is 66.3 Å². The number of carbonyl (C=O) groups is 1. The zero-order valence-corrected chi connectivity index (χ0v) is 11.8. The average molecular weight is 275 g/mol. The van der Waals surface area contributed by atoms with Gasteiger partial charge in [-0.2, -0.15) is 0 Å². The van der Waals surface area contributed by atoms with Crippen molar-refractivity contribution in [3.8, 4) is 0 Å². The Bertz CT molecular complexity index is 461. The summed E-state index contributed by atoms with van der Waals surface area (Å²) in [5, 5.41) is 9.93. The van der Waals surface area contributed by atoms with Crippen molar-refractivity contribution in [2.45, 2.75) is 31.8 Å². The SMILES string of the molecule is CN(CC1CCCCC1O)C(=O)/C=C/c1ccncn1. The van der Waals surface area contributed by atoms with Crippen LogP contribution in [0.1, 0.15) is 31.4 Å². The highest BCUT2D eigenvalue weighted by Gasteiger charge is 2.24. The van der Waals surface area contributed by atoms with Gasteiger partial charge in [-0.1, -0.05) is 12.8 Å². The molecule has 0 spiro atoms. The van der Waals surface area contributed by atoms with Crippen molar-refractivity contribution in [2.75, 3.05) is 13.6 Å². The largest absolute Gasteiger partial charge is 0.393 e. The highest BCUT2D eigenvalue weighted by Crippen LogP contribution is 2.24. The van der Waals surface area contributed by atoms with E-state index in [4.69, 9.17) is 0 Å². The number of carbonyl (C=O) groups excluding carboxylic acids is 1. The number of nitrogens with zero attached hydrogens (tertiary/aromatic N) is 3. The van der Waals surface area contributed by atoms with E-state index in [1.807, 2.05) is 0 Å². The standard InChI is InChI=1S/C15H21N3O2/c1-18(10-12-4-2-3-5-14(12)19)15(20)7-6-13-8-9-16-11-17-13/h6-9,11-12,14,19H,2-5,10H2,1H3/b7-6+. The first kappa shape index (κ1) is 14.7. The molecule has 1 aromatic heterocycles. The van der Waals surface area contributed by atoms with Gasteiger partial charge >= 0.3 is 0 Å². The quantitative estimate of drug-likeness (QED) is 0.846. The third-order valence-electron chi connectivity index (χ3n) is 3.76. The minimum Gasteiger partial charge on any atom is -0.393 e. The van der Waals surface area contributed by atoms with E-state index in [1.54, 1.807) is 30.3 Å². The highest BCUT2D eigenvalue weighted by atomic mass is 16.3. The molecule has 5 nitrogen and oxygen atoms in total. The Balaban J connectivity index is 1.87. The Morgan fingerprint density at radius 3 is 3.00 bits per heavy atom. The first-order valence-electron chi connectivity index (χ1n) is 7.04. The lowest BCUT2D eigenvalue weighted by atomic mass is 9.86. The molecule has 1 heterocycles. The van der Waals surface area contributed by atoms with E-state index >= 15 is 0 Å². The van der Waals surface area contributed by atoms with E-state index in [-0.39, 0.29) is 17.9 Å². The molecule has 1 aromatic rings. The van der Waals surface area contributed by atoms with Crippen LogP contribution in [0.2, 0.25) is 0 Å². The Labute approximate surface area is 119 Å². The van der Waals surface area contributed by atoms with Gasteiger partial charge in [0.25, 0.3) is 0 Å². The molecule has 0 saturated heterocycles. The molecule has 1 N–H and O–H groups in total. The Kier molecular flexibility index (Phi) is 5.24. The van der Waals surface area contributed by atoms with Crippen LogP contribution in [0.25, 0.3) is 6.08 Å². The molecule has 1 amide bonds. The van der Waals surface area contributed by atoms with Gasteiger partial charge in [-0.15, -0.1) is 0 Å². The summed E-state index contributed by atoms with van der Waals surface area (Å²) in [4.78, 5) is 21.5. The predicted octanol–water partition coefficient (Wildman–Crippen LogP) is 1.50. The van der Waals surface area contributed by atoms with Gasteiger partial charge in [-0.25, -0.2) is 9.97 Å². The molecule has 108 valence electrons. The lowest BCUT2D eigenvalue weighted by Gasteiger charge is -2.30. The van der Waals surface area contributed by atoms with Crippen LogP contribution in [0, 0.1) is 5.92 Å². The van der Waals surface area contributed by atoms with Crippen LogP contribution < -0.4 is 0 Å². The fraction of sp³-hybridized carbons (Fsp3) is 0.533. The third-order valence-corrected chi connectivity index (χ3v) is 3.76. The molecule has 0 aliphatic heterocycles. The summed E-state index contributed by atoms with van der Waals surface area (Å²) < 4.78 is 0. The maximum Gasteiger partial charge on any atom is 0.246 e. The number of aliphatic hydroxyl groups is 1. The molecule has 2 atom stereocenters. The highest BCUT2D eigenvalue weighted by molar-refractivity contribution is 5.91. The number of rotatable bonds is 4. The number of amides is 1. The van der Waals surface area contributed by atoms with Crippen molar-refractivity contribution >= 4 is 12.0 Å². The van der Waals surface area contributed by atoms with E-state index in [1.165, 1.54) is 12.4 Å². The molecule has 2 rings (SSSR count). The fourth-order valence-electron chi connectivity index (χ4n) is 2.53. The number of hydrogen-bond donors (Lipinski definition) is 1. The Hall–Kier alpha value is -1.75. The average Bonchev–Trinajstić information content (AvgIpc) is 2.48. The number of hydrogen-bond acceptors (Lipinski definition) is 4. The normalized spacial score (nSPS) is 22.9. The number of likely N-dealkylation sites (N-methyl/N-ethyl adjacent to an activating group) is 1. The summed E-state index contributed by atoms with van der Waals surface area (Å²) in [5.41, 5.74) is 0.708. The molecular formula is C15H21N3O2. The molecule has 5 heteroatoms. The maximum absolute atomic E-state index is 12.0. The zero-order chi connectivity index (χ0) is 14.4. The molecule has 1 aliphatic carbocycles. The molecule has 1 aliphatic rings. The van der Waals surface area contributed by atoms with Crippen LogP contribution in [0.5, 0.6) is 0 Å². The van der Waals surface area contributed by atoms with Gasteiger partial charge in [0.1, 0.15) is 6.33 Å². The Morgan fingerprint density at radius 1 is 1.50 bits per heavy atom. The van der Waals surface area contributed by atoms with Crippen molar-refractivity contribution in [1.82, 2.24) is 14.9 Å². The fourth-order valence-corrected chi connectivity index (χ4v) is 2.53. The van der Waals surface area contributed by atoms with Gasteiger partial charge in [0.15, 0.2) is 0 Å². The summed E-state index contributed by atoms with van der Waals surface area (Å²) >= 11 is 0. The van der Waals surface area contributed by atoms with Crippen molar-refractivity contribution in [2.24, 2.45) is 5.92 Å². The van der Waals surface area contributed by atoms with Crippen LogP contribution in [-0.4, -0.2) is 45.6 Å². The van der Waals surface area contributed by atoms with Gasteiger partial charge in [0.2, 0.25) is 5.91 Å². The minimum atomic E-state index is -0.273. The van der Waals surface area contributed by atoms with Crippen molar-refractivity contribution in [3.05, 3.63) is 30.4 Å². The molecule has 0 bridgehead atoms. The van der Waals surface area contributed by atoms with E-state index < -0.39 is 0 Å². The van der Waals surface area contributed by atoms with Crippen LogP contribution >= 0.6 is 0 Å². The summed E-state index contributed by atoms with van der Waals surface area (Å²) in [7, 11) is 1.77. The van der Waals surface area contributed by atoms with Crippen molar-refractivity contribution in [3.63, 3.8) is 0 Å². The molecule has 2 unspecified atom stereocenters. The predicted molar refractivity (Wildman–Crippen MR) is 76.7 cm³/mol. The molecular weight excluding hydrogens is 254 g/mol. The molecule has 1 fully saturated rings. The molecule has 20 heavy (non-hydrogen) atoms. The first-order chi connectivity index (χ1) is 9.66. The molecule has 0 aromatic carbocycles. The number of aliphatic hydroxyl groups excluding tert-OH is 1. The molecule has 1 saturated carbocycles. The van der Waals surface area contributed by atoms with E-state index in [0.29, 0.717) is 12.2 Å². The third kappa shape index (κ3) is 4.13. The Morgan fingerprint density at radius 2 is 2.30 bits per heavy atom. The molecule has 0 radical (unpaired) electrons. The smallest absolute Gasteiger partial charge is 0.246 e. The van der Waals surface area contributed by atoms with Gasteiger partial charge in [-0.3, -0.25) is 4.79 Å². The lowest BCUT2D eigenvalue weighted by Crippen LogP contribution is -2.37. The van der Waals surface area contributed by atoms with E-state index in [0.717, 1.165) is 25.7 Å². The van der Waals surface area contributed by atoms with Gasteiger partial charge in [-0.05, 0) is 25.0 Å². The summed E-state index contributed by atoms with van der Waals surface area (Å²) in [5.74, 6) is 0.131. The van der Waals surface area contributed by atoms with Gasteiger partial charge < -0.3 is 10.0 Å². The van der Waals surface area contributed by atoms with Crippen molar-refractivity contribution < 1.29 is 9.90 Å². The van der Waals surface area contributed by atoms with Gasteiger partial charge in [0.05, 0.1) is 11.8 Å². The van der Waals surface area contributed by atoms with Crippen LogP contribution in [0.4, 0.5) is 0 Å². The summed E-state index contributed by atoms with van der Waals surface area (Å²) in [6.45, 7) is 0.605. The monoisotopic (exact) mass is 275 g/mol. The zero-order valence-electron chi connectivity index (χ0n) is 11.8.